The van der Waals surface area contributed by atoms with Gasteiger partial charge in [0.25, 0.3) is 0 Å². The topological polar surface area (TPSA) is 84.6 Å². The quantitative estimate of drug-likeness (QED) is 0.0564. The minimum absolute atomic E-state index is 0.00640. The number of fused-ring (bicyclic) bond motifs is 1. The molecule has 13 heteroatoms. The van der Waals surface area contributed by atoms with E-state index in [4.69, 9.17) is 19.3 Å². The van der Waals surface area contributed by atoms with Gasteiger partial charge in [0.05, 0.1) is 36.2 Å². The normalized spacial score (nSPS) is 12.1. The van der Waals surface area contributed by atoms with Gasteiger partial charge in [-0.3, -0.25) is 18.2 Å². The van der Waals surface area contributed by atoms with E-state index in [2.05, 4.69) is 47.7 Å². The molecule has 0 aliphatic rings. The van der Waals surface area contributed by atoms with Crippen LogP contribution in [0, 0.1) is 17.0 Å². The lowest BCUT2D eigenvalue weighted by Gasteiger charge is -2.26. The third-order valence-corrected chi connectivity index (χ3v) is 12.3. The third-order valence-electron chi connectivity index (χ3n) is 9.15. The van der Waals surface area contributed by atoms with E-state index in [-0.39, 0.29) is 46.9 Å². The number of nitrogens with zero attached hydrogens (tertiary/aromatic N) is 3. The van der Waals surface area contributed by atoms with Gasteiger partial charge >= 0.3 is 11.9 Å². The average Bonchev–Trinajstić information content (AvgIpc) is 3.81. The monoisotopic (exact) mass is 901 g/mol. The number of hydrogen-bond donors (Lipinski definition) is 0. The van der Waals surface area contributed by atoms with Crippen molar-refractivity contribution in [3.8, 4) is 22.8 Å². The number of rotatable bonds is 20. The zero-order valence-electron chi connectivity index (χ0n) is 31.5. The summed E-state index contributed by atoms with van der Waals surface area (Å²) in [5.74, 6) is -0.107. The molecule has 55 heavy (non-hydrogen) atoms. The van der Waals surface area contributed by atoms with Crippen LogP contribution < -0.4 is 4.74 Å². The molecule has 0 amide bonds. The van der Waals surface area contributed by atoms with Crippen molar-refractivity contribution in [1.29, 1.82) is 0 Å². The summed E-state index contributed by atoms with van der Waals surface area (Å²) in [6.45, 7) is 12.6. The van der Waals surface area contributed by atoms with Crippen molar-refractivity contribution < 1.29 is 32.6 Å². The van der Waals surface area contributed by atoms with Crippen molar-refractivity contribution in [1.82, 2.24) is 13.8 Å². The number of aromatic nitrogens is 3. The maximum atomic E-state index is 15.5. The number of halogens is 3. The van der Waals surface area contributed by atoms with Gasteiger partial charge in [-0.1, -0.05) is 57.2 Å². The summed E-state index contributed by atoms with van der Waals surface area (Å²) < 4.78 is 51.1. The van der Waals surface area contributed by atoms with Crippen molar-refractivity contribution in [2.24, 2.45) is 5.41 Å². The Bertz CT molecular complexity index is 2120. The molecular weight excluding hydrogens is 856 g/mol. The SMILES string of the molecule is C=Cc1c(Oc2ccc(F)c(-c3ccn(C(CCCC(C)(C)CSCC(=O)OCC)c4cccc(CCC(=O)OCC)c4)n3)c2)c(F)cc2c1ccn2SI. The van der Waals surface area contributed by atoms with E-state index in [1.807, 2.05) is 45.3 Å². The fourth-order valence-corrected chi connectivity index (χ4v) is 8.89. The van der Waals surface area contributed by atoms with E-state index in [1.165, 1.54) is 33.4 Å². The van der Waals surface area contributed by atoms with E-state index in [9.17, 15) is 9.59 Å². The van der Waals surface area contributed by atoms with Crippen molar-refractivity contribution in [2.75, 3.05) is 24.7 Å². The van der Waals surface area contributed by atoms with Crippen LogP contribution in [0.4, 0.5) is 8.78 Å². The largest absolute Gasteiger partial charge is 0.466 e. The van der Waals surface area contributed by atoms with Crippen LogP contribution in [-0.4, -0.2) is 50.4 Å². The number of aryl methyl sites for hydroxylation is 1. The molecule has 2 heterocycles. The van der Waals surface area contributed by atoms with Crippen molar-refractivity contribution in [2.45, 2.75) is 65.8 Å². The smallest absolute Gasteiger partial charge is 0.315 e. The number of hydrogen-bond acceptors (Lipinski definition) is 8. The second kappa shape index (κ2) is 19.9. The zero-order valence-corrected chi connectivity index (χ0v) is 35.3. The summed E-state index contributed by atoms with van der Waals surface area (Å²) in [7, 11) is 1.42. The Hall–Kier alpha value is -3.82. The van der Waals surface area contributed by atoms with E-state index in [1.54, 1.807) is 37.8 Å². The first-order valence-electron chi connectivity index (χ1n) is 18.2. The zero-order chi connectivity index (χ0) is 39.5. The molecule has 0 N–H and O–H groups in total. The molecule has 0 spiro atoms. The van der Waals surface area contributed by atoms with Crippen LogP contribution in [-0.2, 0) is 25.5 Å². The minimum Gasteiger partial charge on any atom is -0.466 e. The summed E-state index contributed by atoms with van der Waals surface area (Å²) in [6, 6.07) is 17.3. The van der Waals surface area contributed by atoms with Crippen LogP contribution >= 0.6 is 42.1 Å². The molecule has 0 fully saturated rings. The molecule has 3 aromatic carbocycles. The van der Waals surface area contributed by atoms with Crippen LogP contribution in [0.1, 0.15) is 76.1 Å². The molecule has 0 radical (unpaired) electrons. The van der Waals surface area contributed by atoms with Gasteiger partial charge in [0.1, 0.15) is 11.6 Å². The maximum absolute atomic E-state index is 15.5. The number of thioether (sulfide) groups is 1. The molecule has 0 saturated heterocycles. The minimum atomic E-state index is -0.559. The van der Waals surface area contributed by atoms with Crippen molar-refractivity contribution in [3.05, 3.63) is 108 Å². The van der Waals surface area contributed by atoms with Crippen LogP contribution in [0.25, 0.3) is 28.2 Å². The molecule has 292 valence electrons. The predicted molar refractivity (Wildman–Crippen MR) is 228 cm³/mol. The third kappa shape index (κ3) is 11.2. The van der Waals surface area contributed by atoms with Crippen molar-refractivity contribution in [3.63, 3.8) is 0 Å². The molecule has 1 unspecified atom stereocenters. The molecule has 1 atom stereocenters. The Morgan fingerprint density at radius 2 is 1.78 bits per heavy atom. The van der Waals surface area contributed by atoms with E-state index >= 15 is 8.78 Å². The van der Waals surface area contributed by atoms with Crippen LogP contribution in [0.15, 0.2) is 79.6 Å². The highest BCUT2D eigenvalue weighted by Crippen LogP contribution is 2.39. The Morgan fingerprint density at radius 3 is 2.53 bits per heavy atom. The summed E-state index contributed by atoms with van der Waals surface area (Å²) >= 11 is 3.71. The van der Waals surface area contributed by atoms with Crippen LogP contribution in [0.3, 0.4) is 0 Å². The number of carbonyl (C=O) groups excluding carboxylic acids is 2. The molecule has 0 saturated carbocycles. The maximum Gasteiger partial charge on any atom is 0.315 e. The summed E-state index contributed by atoms with van der Waals surface area (Å²) in [5, 5.41) is 5.68. The first-order chi connectivity index (χ1) is 26.5. The van der Waals surface area contributed by atoms with Gasteiger partial charge in [0.2, 0.25) is 0 Å². The predicted octanol–water partition coefficient (Wildman–Crippen LogP) is 11.6. The molecule has 8 nitrogen and oxygen atoms in total. The fourth-order valence-electron chi connectivity index (χ4n) is 6.48. The van der Waals surface area contributed by atoms with Gasteiger partial charge in [0.15, 0.2) is 11.6 Å². The second-order valence-electron chi connectivity index (χ2n) is 13.8. The van der Waals surface area contributed by atoms with Gasteiger partial charge in [-0.05, 0) is 85.7 Å². The summed E-state index contributed by atoms with van der Waals surface area (Å²) in [6.07, 6.45) is 8.58. The van der Waals surface area contributed by atoms with E-state index in [0.717, 1.165) is 41.5 Å². The molecular formula is C42H46F2IN3O5S2. The fraction of sp³-hybridized carbons (Fsp3) is 0.357. The van der Waals surface area contributed by atoms with Gasteiger partial charge in [0, 0.05) is 71.7 Å². The first kappa shape index (κ1) is 42.3. The lowest BCUT2D eigenvalue weighted by Crippen LogP contribution is -2.18. The highest BCUT2D eigenvalue weighted by molar-refractivity contribution is 14.2. The molecule has 0 bridgehead atoms. The lowest BCUT2D eigenvalue weighted by atomic mass is 9.87. The Labute approximate surface area is 342 Å². The van der Waals surface area contributed by atoms with E-state index in [0.29, 0.717) is 42.2 Å². The Kier molecular flexibility index (Phi) is 15.3. The average molecular weight is 902 g/mol. The van der Waals surface area contributed by atoms with Gasteiger partial charge < -0.3 is 14.2 Å². The number of ether oxygens (including phenoxy) is 3. The highest BCUT2D eigenvalue weighted by atomic mass is 127. The molecule has 2 aromatic heterocycles. The Balaban J connectivity index is 1.40. The van der Waals surface area contributed by atoms with Crippen molar-refractivity contribution >= 4 is 71.0 Å². The first-order valence-corrected chi connectivity index (χ1v) is 22.7. The van der Waals surface area contributed by atoms with Crippen LogP contribution in [0.5, 0.6) is 11.5 Å². The van der Waals surface area contributed by atoms with Crippen LogP contribution in [0.2, 0.25) is 0 Å². The Morgan fingerprint density at radius 1 is 1.00 bits per heavy atom. The molecule has 0 aliphatic heterocycles. The summed E-state index contributed by atoms with van der Waals surface area (Å²) in [4.78, 5) is 24.0. The lowest BCUT2D eigenvalue weighted by molar-refractivity contribution is -0.143. The molecule has 0 aliphatic carbocycles. The summed E-state index contributed by atoms with van der Waals surface area (Å²) in [5.41, 5.74) is 3.80. The number of carbonyl (C=O) groups is 2. The standard InChI is InChI=1S/C42H46F2IN3O5S2/c1-6-31-32-18-22-48(55-45)38(32)25-35(44)41(31)53-30-15-16-34(43)33(24-30)36-19-21-47(46-36)37(13-10-20-42(4,5)27-54-26-40(50)52-8-3)29-12-9-11-28(23-29)14-17-39(49)51-7-2/h6,9,11-12,15-16,18-19,21-25,37H,1,7-8,10,13-14,17,20,26-27H2,2-5H3. The number of esters is 2. The van der Waals surface area contributed by atoms with Gasteiger partial charge in [-0.2, -0.15) is 5.10 Å². The number of benzene rings is 3. The molecule has 5 rings (SSSR count). The van der Waals surface area contributed by atoms with E-state index < -0.39 is 11.6 Å². The second-order valence-corrected chi connectivity index (χ2v) is 16.5. The molecule has 5 aromatic rings. The van der Waals surface area contributed by atoms with Gasteiger partial charge in [-0.25, -0.2) is 8.78 Å². The van der Waals surface area contributed by atoms with Gasteiger partial charge in [-0.15, -0.1) is 11.8 Å². The highest BCUT2D eigenvalue weighted by Gasteiger charge is 2.23.